The van der Waals surface area contributed by atoms with E-state index in [0.29, 0.717) is 18.7 Å². The predicted molar refractivity (Wildman–Crippen MR) is 111 cm³/mol. The van der Waals surface area contributed by atoms with Crippen LogP contribution in [-0.4, -0.2) is 49.4 Å². The van der Waals surface area contributed by atoms with Crippen molar-refractivity contribution in [3.05, 3.63) is 29.3 Å². The monoisotopic (exact) mass is 419 g/mol. The van der Waals surface area contributed by atoms with Crippen molar-refractivity contribution < 1.29 is 18.4 Å². The molecule has 1 unspecified atom stereocenters. The van der Waals surface area contributed by atoms with E-state index in [0.717, 1.165) is 25.6 Å². The number of amides is 2. The van der Waals surface area contributed by atoms with Gasteiger partial charge in [0, 0.05) is 32.6 Å². The van der Waals surface area contributed by atoms with Crippen LogP contribution in [0.2, 0.25) is 0 Å². The minimum atomic E-state index is -0.683. The van der Waals surface area contributed by atoms with Gasteiger partial charge in [0.05, 0.1) is 5.92 Å². The number of hydrogen-bond donors (Lipinski definition) is 1. The summed E-state index contributed by atoms with van der Waals surface area (Å²) in [6, 6.07) is 2.52. The number of benzene rings is 1. The van der Waals surface area contributed by atoms with Crippen LogP contribution in [0.15, 0.2) is 12.1 Å². The van der Waals surface area contributed by atoms with Gasteiger partial charge in [-0.15, -0.1) is 0 Å². The molecule has 0 radical (unpaired) electrons. The summed E-state index contributed by atoms with van der Waals surface area (Å²) in [5, 5.41) is 2.25. The number of halogens is 2. The summed E-state index contributed by atoms with van der Waals surface area (Å²) < 4.78 is 29.7. The number of imide groups is 1. The van der Waals surface area contributed by atoms with Crippen molar-refractivity contribution in [1.29, 1.82) is 0 Å². The van der Waals surface area contributed by atoms with Gasteiger partial charge in [-0.05, 0) is 43.0 Å². The highest BCUT2D eigenvalue weighted by Crippen LogP contribution is 2.32. The Morgan fingerprint density at radius 1 is 0.933 bits per heavy atom. The summed E-state index contributed by atoms with van der Waals surface area (Å²) in [4.78, 5) is 27.5. The Hall–Kier alpha value is -2.02. The average Bonchev–Trinajstić information content (AvgIpc) is 2.73. The van der Waals surface area contributed by atoms with Crippen molar-refractivity contribution in [3.8, 4) is 0 Å². The highest BCUT2D eigenvalue weighted by atomic mass is 19.1. The summed E-state index contributed by atoms with van der Waals surface area (Å²) in [6.45, 7) is 3.87. The number of carbonyl (C=O) groups is 2. The molecule has 3 fully saturated rings. The van der Waals surface area contributed by atoms with E-state index < -0.39 is 23.5 Å². The zero-order valence-corrected chi connectivity index (χ0v) is 17.5. The number of nitrogens with one attached hydrogen (secondary N) is 1. The van der Waals surface area contributed by atoms with Crippen molar-refractivity contribution in [2.45, 2.75) is 57.3 Å². The van der Waals surface area contributed by atoms with E-state index in [9.17, 15) is 18.4 Å². The third kappa shape index (κ3) is 4.82. The van der Waals surface area contributed by atoms with E-state index in [1.54, 1.807) is 4.90 Å². The summed E-state index contributed by atoms with van der Waals surface area (Å²) in [7, 11) is 0. The first kappa shape index (κ1) is 21.2. The van der Waals surface area contributed by atoms with Crippen LogP contribution in [0, 0.1) is 17.6 Å². The molecule has 7 heteroatoms. The average molecular weight is 420 g/mol. The van der Waals surface area contributed by atoms with Crippen LogP contribution < -0.4 is 10.2 Å². The lowest BCUT2D eigenvalue weighted by molar-refractivity contribution is -0.134. The van der Waals surface area contributed by atoms with Crippen LogP contribution in [0.4, 0.5) is 14.5 Å². The molecule has 0 bridgehead atoms. The number of piperazine rings is 1. The Morgan fingerprint density at radius 3 is 2.23 bits per heavy atom. The number of carbonyl (C=O) groups excluding carboxylic acids is 2. The summed E-state index contributed by atoms with van der Waals surface area (Å²) >= 11 is 0. The van der Waals surface area contributed by atoms with Gasteiger partial charge in [-0.1, -0.05) is 32.1 Å². The molecule has 1 atom stereocenters. The topological polar surface area (TPSA) is 52.7 Å². The summed E-state index contributed by atoms with van der Waals surface area (Å²) in [6.07, 6.45) is 8.45. The molecule has 2 heterocycles. The molecule has 1 aromatic carbocycles. The lowest BCUT2D eigenvalue weighted by Crippen LogP contribution is -2.47. The molecule has 1 N–H and O–H groups in total. The molecular weight excluding hydrogens is 388 g/mol. The second-order valence-electron chi connectivity index (χ2n) is 8.96. The maximum Gasteiger partial charge on any atom is 0.234 e. The van der Waals surface area contributed by atoms with Crippen molar-refractivity contribution >= 4 is 17.5 Å². The smallest absolute Gasteiger partial charge is 0.234 e. The van der Waals surface area contributed by atoms with Crippen LogP contribution in [0.3, 0.4) is 0 Å². The molecule has 1 aliphatic carbocycles. The molecule has 164 valence electrons. The first-order valence-corrected chi connectivity index (χ1v) is 11.3. The van der Waals surface area contributed by atoms with E-state index in [1.165, 1.54) is 50.7 Å². The Kier molecular flexibility index (Phi) is 6.66. The number of piperidine rings is 1. The molecule has 0 aromatic heterocycles. The maximum atomic E-state index is 14.8. The van der Waals surface area contributed by atoms with Gasteiger partial charge < -0.3 is 4.90 Å². The van der Waals surface area contributed by atoms with Crippen LogP contribution in [-0.2, 0) is 9.59 Å². The third-order valence-corrected chi connectivity index (χ3v) is 6.95. The van der Waals surface area contributed by atoms with E-state index >= 15 is 0 Å². The molecule has 3 aliphatic rings. The van der Waals surface area contributed by atoms with Crippen molar-refractivity contribution in [1.82, 2.24) is 10.2 Å². The van der Waals surface area contributed by atoms with Crippen molar-refractivity contribution in [2.75, 3.05) is 37.6 Å². The number of nitrogens with zero attached hydrogens (tertiary/aromatic N) is 2. The summed E-state index contributed by atoms with van der Waals surface area (Å²) in [5.41, 5.74) is 0.294. The van der Waals surface area contributed by atoms with Crippen molar-refractivity contribution in [2.24, 2.45) is 5.92 Å². The van der Waals surface area contributed by atoms with Gasteiger partial charge in [-0.25, -0.2) is 8.78 Å². The zero-order chi connectivity index (χ0) is 21.1. The van der Waals surface area contributed by atoms with Crippen LogP contribution in [0.5, 0.6) is 0 Å². The number of anilines is 1. The quantitative estimate of drug-likeness (QED) is 0.742. The molecule has 2 amide bonds. The fourth-order valence-corrected chi connectivity index (χ4v) is 5.14. The fraction of sp³-hybridized carbons (Fsp3) is 0.652. The van der Waals surface area contributed by atoms with Gasteiger partial charge in [0.1, 0.15) is 17.3 Å². The molecular formula is C23H31F2N3O2. The van der Waals surface area contributed by atoms with E-state index in [-0.39, 0.29) is 24.4 Å². The Balaban J connectivity index is 1.35. The normalized spacial score (nSPS) is 24.2. The van der Waals surface area contributed by atoms with Gasteiger partial charge in [0.25, 0.3) is 0 Å². The minimum absolute atomic E-state index is 0.00188. The van der Waals surface area contributed by atoms with Gasteiger partial charge >= 0.3 is 0 Å². The zero-order valence-electron chi connectivity index (χ0n) is 17.5. The lowest BCUT2D eigenvalue weighted by atomic mass is 9.87. The summed E-state index contributed by atoms with van der Waals surface area (Å²) in [5.74, 6) is -1.93. The van der Waals surface area contributed by atoms with E-state index in [2.05, 4.69) is 10.2 Å². The second-order valence-corrected chi connectivity index (χ2v) is 8.96. The molecule has 5 nitrogen and oxygen atoms in total. The maximum absolute atomic E-state index is 14.8. The van der Waals surface area contributed by atoms with Crippen molar-refractivity contribution in [3.63, 3.8) is 0 Å². The first-order chi connectivity index (χ1) is 14.5. The minimum Gasteiger partial charge on any atom is -0.364 e. The number of hydrogen-bond acceptors (Lipinski definition) is 4. The highest BCUT2D eigenvalue weighted by molar-refractivity contribution is 6.00. The van der Waals surface area contributed by atoms with E-state index in [4.69, 9.17) is 0 Å². The van der Waals surface area contributed by atoms with Crippen LogP contribution in [0.1, 0.15) is 62.8 Å². The first-order valence-electron chi connectivity index (χ1n) is 11.3. The van der Waals surface area contributed by atoms with E-state index in [1.807, 2.05) is 0 Å². The SMILES string of the molecule is O=C1CCC(c2cc(F)c(N3CCN(CCC4CCCCC4)CC3)c(F)c2)C(=O)N1. The molecule has 2 aliphatic heterocycles. The standard InChI is InChI=1S/C23H31F2N3O2/c24-19-14-17(18-6-7-21(29)26-23(18)30)15-20(25)22(19)28-12-10-27(11-13-28)9-8-16-4-2-1-3-5-16/h14-16,18H,1-13H2,(H,26,29,30). The Morgan fingerprint density at radius 2 is 1.60 bits per heavy atom. The van der Waals surface area contributed by atoms with Gasteiger partial charge in [0.15, 0.2) is 0 Å². The Bertz CT molecular complexity index is 764. The van der Waals surface area contributed by atoms with Gasteiger partial charge in [-0.2, -0.15) is 0 Å². The molecule has 1 aromatic rings. The van der Waals surface area contributed by atoms with Gasteiger partial charge in [0.2, 0.25) is 11.8 Å². The molecule has 0 spiro atoms. The lowest BCUT2D eigenvalue weighted by Gasteiger charge is -2.37. The molecule has 1 saturated carbocycles. The van der Waals surface area contributed by atoms with Gasteiger partial charge in [-0.3, -0.25) is 19.8 Å². The van der Waals surface area contributed by atoms with Crippen LogP contribution in [0.25, 0.3) is 0 Å². The second kappa shape index (κ2) is 9.41. The fourth-order valence-electron chi connectivity index (χ4n) is 5.14. The predicted octanol–water partition coefficient (Wildman–Crippen LogP) is 3.58. The van der Waals surface area contributed by atoms with Crippen LogP contribution >= 0.6 is 0 Å². The highest BCUT2D eigenvalue weighted by Gasteiger charge is 2.30. The Labute approximate surface area is 176 Å². The molecule has 4 rings (SSSR count). The number of rotatable bonds is 5. The molecule has 30 heavy (non-hydrogen) atoms. The third-order valence-electron chi connectivity index (χ3n) is 6.95. The largest absolute Gasteiger partial charge is 0.364 e. The molecule has 2 saturated heterocycles.